The molecule has 4 rings (SSSR count). The molecule has 2 aliphatic rings. The molecule has 2 bridgehead atoms. The Morgan fingerprint density at radius 1 is 1.21 bits per heavy atom. The second kappa shape index (κ2) is 7.77. The molecule has 2 aliphatic heterocycles. The van der Waals surface area contributed by atoms with Gasteiger partial charge in [0.2, 0.25) is 0 Å². The molecule has 0 aliphatic carbocycles. The zero-order chi connectivity index (χ0) is 19.5. The third kappa shape index (κ3) is 3.46. The van der Waals surface area contributed by atoms with Gasteiger partial charge in [0.25, 0.3) is 0 Å². The van der Waals surface area contributed by atoms with Gasteiger partial charge < -0.3 is 9.47 Å². The van der Waals surface area contributed by atoms with E-state index in [1.54, 1.807) is 7.11 Å². The number of ether oxygens (including phenoxy) is 2. The van der Waals surface area contributed by atoms with Gasteiger partial charge in [-0.15, -0.1) is 0 Å². The first-order valence-corrected chi connectivity index (χ1v) is 9.48. The number of rotatable bonds is 4. The number of nitriles is 1. The highest BCUT2D eigenvalue weighted by Crippen LogP contribution is 2.39. The van der Waals surface area contributed by atoms with Crippen molar-refractivity contribution in [2.24, 2.45) is 0 Å². The Hall–Kier alpha value is -3.26. The molecule has 2 atom stereocenters. The molecule has 0 aromatic heterocycles. The van der Waals surface area contributed by atoms with Gasteiger partial charge in [-0.1, -0.05) is 42.5 Å². The van der Waals surface area contributed by atoms with Crippen LogP contribution in [0.2, 0.25) is 0 Å². The van der Waals surface area contributed by atoms with E-state index in [2.05, 4.69) is 12.1 Å². The number of carbonyl (C=O) groups excluding carboxylic acids is 1. The maximum atomic E-state index is 12.7. The summed E-state index contributed by atoms with van der Waals surface area (Å²) >= 11 is 0. The summed E-state index contributed by atoms with van der Waals surface area (Å²) in [7, 11) is 1.56. The highest BCUT2D eigenvalue weighted by molar-refractivity contribution is 5.75. The van der Waals surface area contributed by atoms with E-state index in [0.29, 0.717) is 11.3 Å². The smallest absolute Gasteiger partial charge is 0.410 e. The zero-order valence-corrected chi connectivity index (χ0v) is 15.8. The molecule has 28 heavy (non-hydrogen) atoms. The van der Waals surface area contributed by atoms with Crippen molar-refractivity contribution in [2.45, 2.75) is 38.0 Å². The first-order chi connectivity index (χ1) is 13.7. The first kappa shape index (κ1) is 18.1. The van der Waals surface area contributed by atoms with E-state index in [9.17, 15) is 10.1 Å². The molecule has 0 radical (unpaired) electrons. The van der Waals surface area contributed by atoms with Gasteiger partial charge >= 0.3 is 6.09 Å². The molecule has 1 amide bonds. The number of fused-ring (bicyclic) bond motifs is 2. The van der Waals surface area contributed by atoms with Crippen molar-refractivity contribution in [3.63, 3.8) is 0 Å². The maximum absolute atomic E-state index is 12.7. The van der Waals surface area contributed by atoms with E-state index in [1.807, 2.05) is 53.4 Å². The lowest BCUT2D eigenvalue weighted by atomic mass is 9.94. The molecule has 5 heteroatoms. The Morgan fingerprint density at radius 2 is 2.04 bits per heavy atom. The van der Waals surface area contributed by atoms with Crippen LogP contribution in [0.5, 0.6) is 5.75 Å². The topological polar surface area (TPSA) is 62.6 Å². The van der Waals surface area contributed by atoms with Crippen LogP contribution < -0.4 is 4.74 Å². The van der Waals surface area contributed by atoms with Gasteiger partial charge in [-0.2, -0.15) is 5.26 Å². The maximum Gasteiger partial charge on any atom is 0.410 e. The summed E-state index contributed by atoms with van der Waals surface area (Å²) in [6.07, 6.45) is 4.58. The molecular weight excluding hydrogens is 352 g/mol. The minimum absolute atomic E-state index is 0.0460. The van der Waals surface area contributed by atoms with Crippen molar-refractivity contribution in [3.05, 3.63) is 71.3 Å². The fourth-order valence-electron chi connectivity index (χ4n) is 4.12. The molecule has 2 aromatic carbocycles. The lowest BCUT2D eigenvalue weighted by Gasteiger charge is -2.33. The molecule has 0 saturated carbocycles. The van der Waals surface area contributed by atoms with E-state index >= 15 is 0 Å². The molecule has 2 unspecified atom stereocenters. The minimum atomic E-state index is -0.251. The van der Waals surface area contributed by atoms with Crippen molar-refractivity contribution in [2.75, 3.05) is 7.11 Å². The molecule has 5 nitrogen and oxygen atoms in total. The highest BCUT2D eigenvalue weighted by Gasteiger charge is 2.40. The summed E-state index contributed by atoms with van der Waals surface area (Å²) < 4.78 is 10.8. The van der Waals surface area contributed by atoms with Crippen LogP contribution in [0.4, 0.5) is 4.79 Å². The lowest BCUT2D eigenvalue weighted by Crippen LogP contribution is -2.43. The standard InChI is InChI=1S/C23H22N2O3/c1-27-22-10-7-17(11-19(22)14-24)18-12-20-8-9-21(13-18)25(20)23(26)28-15-16-5-3-2-4-6-16/h2-7,10-12,20-21H,8-9,13,15H2,1H3. The predicted octanol–water partition coefficient (Wildman–Crippen LogP) is 4.52. The Kier molecular flexibility index (Phi) is 5.03. The van der Waals surface area contributed by atoms with Gasteiger partial charge in [-0.3, -0.25) is 4.90 Å². The normalized spacial score (nSPS) is 20.3. The van der Waals surface area contributed by atoms with Gasteiger partial charge in [0.15, 0.2) is 0 Å². The molecular formula is C23H22N2O3. The molecule has 0 spiro atoms. The molecule has 2 aromatic rings. The van der Waals surface area contributed by atoms with Gasteiger partial charge in [-0.25, -0.2) is 4.79 Å². The van der Waals surface area contributed by atoms with Crippen molar-refractivity contribution in [3.8, 4) is 11.8 Å². The third-order valence-electron chi connectivity index (χ3n) is 5.50. The fourth-order valence-corrected chi connectivity index (χ4v) is 4.12. The largest absolute Gasteiger partial charge is 0.495 e. The predicted molar refractivity (Wildman–Crippen MR) is 106 cm³/mol. The monoisotopic (exact) mass is 374 g/mol. The number of hydrogen-bond acceptors (Lipinski definition) is 4. The summed E-state index contributed by atoms with van der Waals surface area (Å²) in [6, 6.07) is 17.8. The van der Waals surface area contributed by atoms with E-state index in [4.69, 9.17) is 9.47 Å². The summed E-state index contributed by atoms with van der Waals surface area (Å²) in [5, 5.41) is 9.34. The van der Waals surface area contributed by atoms with Crippen LogP contribution in [0, 0.1) is 11.3 Å². The van der Waals surface area contributed by atoms with Crippen molar-refractivity contribution in [1.82, 2.24) is 4.90 Å². The number of amides is 1. The van der Waals surface area contributed by atoms with Crippen LogP contribution in [0.3, 0.4) is 0 Å². The van der Waals surface area contributed by atoms with Crippen LogP contribution in [-0.2, 0) is 11.3 Å². The van der Waals surface area contributed by atoms with Crippen LogP contribution in [0.1, 0.15) is 36.0 Å². The molecule has 1 fully saturated rings. The quantitative estimate of drug-likeness (QED) is 0.789. The molecule has 142 valence electrons. The average Bonchev–Trinajstić information content (AvgIpc) is 3.01. The van der Waals surface area contributed by atoms with Crippen molar-refractivity contribution < 1.29 is 14.3 Å². The molecule has 1 saturated heterocycles. The number of nitrogens with zero attached hydrogens (tertiary/aromatic N) is 2. The van der Waals surface area contributed by atoms with Gasteiger partial charge in [0.1, 0.15) is 18.4 Å². The Balaban J connectivity index is 1.49. The summed E-state index contributed by atoms with van der Waals surface area (Å²) in [6.45, 7) is 0.288. The number of benzene rings is 2. The SMILES string of the molecule is COc1ccc(C2=CC3CCC(C2)N3C(=O)OCc2ccccc2)cc1C#N. The van der Waals surface area contributed by atoms with Gasteiger partial charge in [0.05, 0.1) is 18.7 Å². The highest BCUT2D eigenvalue weighted by atomic mass is 16.6. The van der Waals surface area contributed by atoms with E-state index in [0.717, 1.165) is 30.4 Å². The van der Waals surface area contributed by atoms with Crippen LogP contribution in [-0.4, -0.2) is 30.2 Å². The number of methoxy groups -OCH3 is 1. The van der Waals surface area contributed by atoms with Crippen LogP contribution in [0.15, 0.2) is 54.6 Å². The second-order valence-electron chi connectivity index (χ2n) is 7.17. The minimum Gasteiger partial charge on any atom is -0.495 e. The Morgan fingerprint density at radius 3 is 2.75 bits per heavy atom. The Labute approximate surface area is 164 Å². The van der Waals surface area contributed by atoms with Crippen LogP contribution in [0.25, 0.3) is 5.57 Å². The lowest BCUT2D eigenvalue weighted by molar-refractivity contribution is 0.0832. The zero-order valence-electron chi connectivity index (χ0n) is 15.8. The van der Waals surface area contributed by atoms with Crippen molar-refractivity contribution in [1.29, 1.82) is 5.26 Å². The first-order valence-electron chi connectivity index (χ1n) is 9.48. The fraction of sp³-hybridized carbons (Fsp3) is 0.304. The van der Waals surface area contributed by atoms with E-state index in [-0.39, 0.29) is 24.8 Å². The van der Waals surface area contributed by atoms with E-state index in [1.165, 1.54) is 5.57 Å². The van der Waals surface area contributed by atoms with E-state index < -0.39 is 0 Å². The summed E-state index contributed by atoms with van der Waals surface area (Å²) in [5.41, 5.74) is 3.71. The van der Waals surface area contributed by atoms with Crippen LogP contribution >= 0.6 is 0 Å². The number of hydrogen-bond donors (Lipinski definition) is 0. The average molecular weight is 374 g/mol. The second-order valence-corrected chi connectivity index (χ2v) is 7.17. The number of carbonyl (C=O) groups is 1. The summed E-state index contributed by atoms with van der Waals surface area (Å²) in [4.78, 5) is 14.6. The summed E-state index contributed by atoms with van der Waals surface area (Å²) in [5.74, 6) is 0.580. The van der Waals surface area contributed by atoms with Crippen molar-refractivity contribution >= 4 is 11.7 Å². The third-order valence-corrected chi connectivity index (χ3v) is 5.50. The van der Waals surface area contributed by atoms with Gasteiger partial charge in [0, 0.05) is 6.04 Å². The molecule has 2 heterocycles. The van der Waals surface area contributed by atoms with Gasteiger partial charge in [-0.05, 0) is 48.1 Å². The molecule has 0 N–H and O–H groups in total. The Bertz CT molecular complexity index is 946.